The SMILES string of the molecule is C#CCNC(=O)c1ccc2c(c1)C[C@@H](c1ccccc1)OC2=O. The molecule has 1 heterocycles. The van der Waals surface area contributed by atoms with Crippen LogP contribution < -0.4 is 5.32 Å². The summed E-state index contributed by atoms with van der Waals surface area (Å²) in [6.07, 6.45) is 5.35. The zero-order valence-corrected chi connectivity index (χ0v) is 12.4. The smallest absolute Gasteiger partial charge is 0.339 e. The van der Waals surface area contributed by atoms with Crippen molar-refractivity contribution < 1.29 is 14.3 Å². The second-order valence-corrected chi connectivity index (χ2v) is 5.27. The molecule has 4 heteroatoms. The van der Waals surface area contributed by atoms with Crippen LogP contribution in [-0.4, -0.2) is 18.4 Å². The number of carbonyl (C=O) groups excluding carboxylic acids is 2. The first-order valence-electron chi connectivity index (χ1n) is 7.29. The number of benzene rings is 2. The van der Waals surface area contributed by atoms with E-state index in [-0.39, 0.29) is 24.5 Å². The summed E-state index contributed by atoms with van der Waals surface area (Å²) in [6, 6.07) is 14.5. The fourth-order valence-electron chi connectivity index (χ4n) is 2.62. The molecule has 114 valence electrons. The number of cyclic esters (lactones) is 1. The van der Waals surface area contributed by atoms with Gasteiger partial charge in [-0.2, -0.15) is 0 Å². The van der Waals surface area contributed by atoms with Crippen molar-refractivity contribution in [2.45, 2.75) is 12.5 Å². The first kappa shape index (κ1) is 14.9. The molecule has 1 aliphatic rings. The van der Waals surface area contributed by atoms with Gasteiger partial charge in [0.25, 0.3) is 5.91 Å². The summed E-state index contributed by atoms with van der Waals surface area (Å²) >= 11 is 0. The number of amides is 1. The van der Waals surface area contributed by atoms with E-state index in [9.17, 15) is 9.59 Å². The van der Waals surface area contributed by atoms with E-state index in [0.29, 0.717) is 17.5 Å². The molecule has 1 atom stereocenters. The van der Waals surface area contributed by atoms with Crippen LogP contribution in [0.3, 0.4) is 0 Å². The highest BCUT2D eigenvalue weighted by Crippen LogP contribution is 2.30. The molecule has 1 amide bonds. The van der Waals surface area contributed by atoms with Gasteiger partial charge in [-0.1, -0.05) is 36.3 Å². The molecule has 2 aromatic rings. The molecule has 2 aromatic carbocycles. The summed E-state index contributed by atoms with van der Waals surface area (Å²) in [5.74, 6) is 1.75. The Bertz CT molecular complexity index is 790. The largest absolute Gasteiger partial charge is 0.454 e. The predicted octanol–water partition coefficient (Wildman–Crippen LogP) is 2.50. The normalized spacial score (nSPS) is 16.0. The maximum atomic E-state index is 12.2. The number of hydrogen-bond acceptors (Lipinski definition) is 3. The summed E-state index contributed by atoms with van der Waals surface area (Å²) in [4.78, 5) is 24.2. The Labute approximate surface area is 134 Å². The van der Waals surface area contributed by atoms with Crippen molar-refractivity contribution in [2.24, 2.45) is 0 Å². The fourth-order valence-corrected chi connectivity index (χ4v) is 2.62. The third-order valence-electron chi connectivity index (χ3n) is 3.76. The summed E-state index contributed by atoms with van der Waals surface area (Å²) in [7, 11) is 0. The van der Waals surface area contributed by atoms with Gasteiger partial charge in [0.15, 0.2) is 0 Å². The number of fused-ring (bicyclic) bond motifs is 1. The van der Waals surface area contributed by atoms with Gasteiger partial charge in [-0.3, -0.25) is 4.79 Å². The van der Waals surface area contributed by atoms with Gasteiger partial charge in [0, 0.05) is 12.0 Å². The van der Waals surface area contributed by atoms with Gasteiger partial charge in [-0.15, -0.1) is 6.42 Å². The first-order valence-corrected chi connectivity index (χ1v) is 7.29. The highest BCUT2D eigenvalue weighted by atomic mass is 16.5. The number of terminal acetylenes is 1. The average molecular weight is 305 g/mol. The summed E-state index contributed by atoms with van der Waals surface area (Å²) in [5, 5.41) is 2.62. The lowest BCUT2D eigenvalue weighted by molar-refractivity contribution is 0.0252. The van der Waals surface area contributed by atoms with Crippen LogP contribution in [-0.2, 0) is 11.2 Å². The molecule has 0 spiro atoms. The standard InChI is InChI=1S/C19H15NO3/c1-2-10-20-18(21)14-8-9-16-15(11-14)12-17(23-19(16)22)13-6-4-3-5-7-13/h1,3-9,11,17H,10,12H2,(H,20,21)/t17-/m0/s1. The van der Waals surface area contributed by atoms with Crippen LogP contribution in [0.25, 0.3) is 0 Å². The molecule has 1 aliphatic heterocycles. The highest BCUT2D eigenvalue weighted by molar-refractivity contribution is 5.97. The lowest BCUT2D eigenvalue weighted by Gasteiger charge is -2.25. The van der Waals surface area contributed by atoms with Crippen LogP contribution in [0.5, 0.6) is 0 Å². The molecule has 23 heavy (non-hydrogen) atoms. The molecule has 0 aliphatic carbocycles. The summed E-state index contributed by atoms with van der Waals surface area (Å²) in [6.45, 7) is 0.171. The monoisotopic (exact) mass is 305 g/mol. The van der Waals surface area contributed by atoms with E-state index < -0.39 is 0 Å². The minimum atomic E-state index is -0.365. The van der Waals surface area contributed by atoms with Crippen molar-refractivity contribution in [1.29, 1.82) is 0 Å². The van der Waals surface area contributed by atoms with Gasteiger partial charge >= 0.3 is 5.97 Å². The molecule has 0 aromatic heterocycles. The fraction of sp³-hybridized carbons (Fsp3) is 0.158. The van der Waals surface area contributed by atoms with E-state index in [1.54, 1.807) is 18.2 Å². The van der Waals surface area contributed by atoms with Crippen LogP contribution in [0.2, 0.25) is 0 Å². The molecule has 0 saturated heterocycles. The van der Waals surface area contributed by atoms with Crippen LogP contribution in [0.15, 0.2) is 48.5 Å². The Hall–Kier alpha value is -3.06. The number of carbonyl (C=O) groups is 2. The Morgan fingerprint density at radius 1 is 1.26 bits per heavy atom. The predicted molar refractivity (Wildman–Crippen MR) is 85.9 cm³/mol. The van der Waals surface area contributed by atoms with Crippen molar-refractivity contribution in [3.05, 3.63) is 70.8 Å². The minimum absolute atomic E-state index is 0.171. The van der Waals surface area contributed by atoms with Crippen molar-refractivity contribution in [2.75, 3.05) is 6.54 Å². The van der Waals surface area contributed by atoms with Gasteiger partial charge in [0.2, 0.25) is 0 Å². The highest BCUT2D eigenvalue weighted by Gasteiger charge is 2.28. The van der Waals surface area contributed by atoms with E-state index in [0.717, 1.165) is 11.1 Å². The third kappa shape index (κ3) is 3.09. The number of esters is 1. The van der Waals surface area contributed by atoms with Gasteiger partial charge < -0.3 is 10.1 Å². The molecule has 0 saturated carbocycles. The molecular formula is C19H15NO3. The Morgan fingerprint density at radius 2 is 2.04 bits per heavy atom. The maximum absolute atomic E-state index is 12.2. The zero-order valence-electron chi connectivity index (χ0n) is 12.4. The molecular weight excluding hydrogens is 290 g/mol. The Morgan fingerprint density at radius 3 is 2.78 bits per heavy atom. The molecule has 1 N–H and O–H groups in total. The summed E-state index contributed by atoms with van der Waals surface area (Å²) < 4.78 is 5.50. The van der Waals surface area contributed by atoms with E-state index in [4.69, 9.17) is 11.2 Å². The Kier molecular flexibility index (Phi) is 4.11. The first-order chi connectivity index (χ1) is 11.2. The van der Waals surface area contributed by atoms with Crippen LogP contribution in [0, 0.1) is 12.3 Å². The zero-order chi connectivity index (χ0) is 16.2. The second kappa shape index (κ2) is 6.37. The van der Waals surface area contributed by atoms with Gasteiger partial charge in [-0.25, -0.2) is 4.79 Å². The minimum Gasteiger partial charge on any atom is -0.454 e. The van der Waals surface area contributed by atoms with E-state index in [1.165, 1.54) is 0 Å². The van der Waals surface area contributed by atoms with Crippen LogP contribution in [0.4, 0.5) is 0 Å². The molecule has 4 nitrogen and oxygen atoms in total. The molecule has 0 radical (unpaired) electrons. The van der Waals surface area contributed by atoms with Crippen LogP contribution in [0.1, 0.15) is 37.9 Å². The average Bonchev–Trinajstić information content (AvgIpc) is 2.59. The summed E-state index contributed by atoms with van der Waals surface area (Å²) in [5.41, 5.74) is 2.74. The lowest BCUT2D eigenvalue weighted by Crippen LogP contribution is -2.25. The maximum Gasteiger partial charge on any atom is 0.339 e. The molecule has 3 rings (SSSR count). The topological polar surface area (TPSA) is 55.4 Å². The molecule has 0 unspecified atom stereocenters. The second-order valence-electron chi connectivity index (χ2n) is 5.27. The van der Waals surface area contributed by atoms with Crippen molar-refractivity contribution in [3.63, 3.8) is 0 Å². The van der Waals surface area contributed by atoms with Gasteiger partial charge in [-0.05, 0) is 29.3 Å². The van der Waals surface area contributed by atoms with Crippen molar-refractivity contribution in [3.8, 4) is 12.3 Å². The van der Waals surface area contributed by atoms with E-state index in [2.05, 4.69) is 11.2 Å². The van der Waals surface area contributed by atoms with Gasteiger partial charge in [0.05, 0.1) is 12.1 Å². The van der Waals surface area contributed by atoms with Crippen molar-refractivity contribution in [1.82, 2.24) is 5.32 Å². The van der Waals surface area contributed by atoms with E-state index >= 15 is 0 Å². The number of hydrogen-bond donors (Lipinski definition) is 1. The number of nitrogens with one attached hydrogen (secondary N) is 1. The van der Waals surface area contributed by atoms with E-state index in [1.807, 2.05) is 30.3 Å². The molecule has 0 fully saturated rings. The van der Waals surface area contributed by atoms with Gasteiger partial charge in [0.1, 0.15) is 6.10 Å². The number of rotatable bonds is 3. The third-order valence-corrected chi connectivity index (χ3v) is 3.76. The lowest BCUT2D eigenvalue weighted by atomic mass is 9.93. The van der Waals surface area contributed by atoms with Crippen LogP contribution >= 0.6 is 0 Å². The quantitative estimate of drug-likeness (QED) is 0.700. The van der Waals surface area contributed by atoms with Crippen molar-refractivity contribution >= 4 is 11.9 Å². The number of ether oxygens (including phenoxy) is 1. The Balaban J connectivity index is 1.88. The molecule has 0 bridgehead atoms.